The van der Waals surface area contributed by atoms with Crippen LogP contribution in [0.1, 0.15) is 57.8 Å². The summed E-state index contributed by atoms with van der Waals surface area (Å²) in [5.74, 6) is 0.565. The van der Waals surface area contributed by atoms with E-state index in [1.54, 1.807) is 17.5 Å². The van der Waals surface area contributed by atoms with E-state index in [1.165, 1.54) is 42.6 Å². The van der Waals surface area contributed by atoms with Crippen molar-refractivity contribution in [2.45, 2.75) is 62.0 Å². The van der Waals surface area contributed by atoms with Gasteiger partial charge in [-0.2, -0.15) is 0 Å². The Morgan fingerprint density at radius 2 is 2.00 bits per heavy atom. The topological polar surface area (TPSA) is 75.3 Å². The molecule has 2 N–H and O–H groups in total. The molecule has 1 aromatic rings. The zero-order valence-electron chi connectivity index (χ0n) is 15.8. The molecule has 27 heavy (non-hydrogen) atoms. The average molecular weight is 411 g/mol. The fraction of sp³-hybridized carbons (Fsp3) is 0.650. The van der Waals surface area contributed by atoms with Crippen LogP contribution in [0.2, 0.25) is 0 Å². The molecular weight excluding hydrogens is 380 g/mol. The summed E-state index contributed by atoms with van der Waals surface area (Å²) >= 11 is 1.23. The van der Waals surface area contributed by atoms with Gasteiger partial charge < -0.3 is 5.32 Å². The summed E-state index contributed by atoms with van der Waals surface area (Å²) in [5.41, 5.74) is 1.49. The molecule has 0 spiro atoms. The monoisotopic (exact) mass is 410 g/mol. The van der Waals surface area contributed by atoms with Crippen molar-refractivity contribution in [3.63, 3.8) is 0 Å². The van der Waals surface area contributed by atoms with Crippen LogP contribution in [0.15, 0.2) is 33.4 Å². The van der Waals surface area contributed by atoms with E-state index in [1.807, 2.05) is 0 Å². The van der Waals surface area contributed by atoms with E-state index >= 15 is 0 Å². The maximum Gasteiger partial charge on any atom is 0.250 e. The number of rotatable bonds is 8. The predicted octanol–water partition coefficient (Wildman–Crippen LogP) is 3.84. The molecule has 5 nitrogen and oxygen atoms in total. The summed E-state index contributed by atoms with van der Waals surface area (Å²) < 4.78 is 27.5. The predicted molar refractivity (Wildman–Crippen MR) is 109 cm³/mol. The summed E-state index contributed by atoms with van der Waals surface area (Å²) in [5, 5.41) is 4.87. The second kappa shape index (κ2) is 9.85. The Hall–Kier alpha value is -1.18. The molecule has 0 aromatic carbocycles. The smallest absolute Gasteiger partial charge is 0.250 e. The summed E-state index contributed by atoms with van der Waals surface area (Å²) in [7, 11) is -3.39. The van der Waals surface area contributed by atoms with Gasteiger partial charge >= 0.3 is 0 Å². The number of nitrogens with one attached hydrogen (secondary N) is 2. The average Bonchev–Trinajstić information content (AvgIpc) is 3.23. The lowest BCUT2D eigenvalue weighted by Crippen LogP contribution is -2.36. The minimum absolute atomic E-state index is 0.0792. The SMILES string of the molecule is O=C(NCCC1=CCCCC1)C1CCC(CNS(=O)(=O)c2cccs2)CC1. The van der Waals surface area contributed by atoms with Gasteiger partial charge in [-0.15, -0.1) is 11.3 Å². The van der Waals surface area contributed by atoms with E-state index in [-0.39, 0.29) is 11.8 Å². The highest BCUT2D eigenvalue weighted by Crippen LogP contribution is 2.29. The van der Waals surface area contributed by atoms with E-state index < -0.39 is 10.0 Å². The van der Waals surface area contributed by atoms with E-state index in [0.29, 0.717) is 16.7 Å². The van der Waals surface area contributed by atoms with Crippen molar-refractivity contribution in [3.8, 4) is 0 Å². The number of hydrogen-bond donors (Lipinski definition) is 2. The molecule has 0 atom stereocenters. The molecule has 0 unspecified atom stereocenters. The minimum atomic E-state index is -3.39. The van der Waals surface area contributed by atoms with Gasteiger partial charge in [-0.05, 0) is 75.2 Å². The molecule has 2 aliphatic carbocycles. The molecule has 0 saturated heterocycles. The van der Waals surface area contributed by atoms with Crippen LogP contribution in [-0.2, 0) is 14.8 Å². The highest BCUT2D eigenvalue weighted by Gasteiger charge is 2.27. The van der Waals surface area contributed by atoms with Gasteiger partial charge in [-0.3, -0.25) is 4.79 Å². The first-order valence-electron chi connectivity index (χ1n) is 10.0. The molecule has 1 amide bonds. The number of thiophene rings is 1. The molecule has 150 valence electrons. The fourth-order valence-corrected chi connectivity index (χ4v) is 6.12. The van der Waals surface area contributed by atoms with Gasteiger partial charge in [-0.25, -0.2) is 13.1 Å². The molecule has 1 aromatic heterocycles. The summed E-state index contributed by atoms with van der Waals surface area (Å²) in [4.78, 5) is 12.4. The number of hydrogen-bond acceptors (Lipinski definition) is 4. The lowest BCUT2D eigenvalue weighted by Gasteiger charge is -2.28. The van der Waals surface area contributed by atoms with Crippen LogP contribution < -0.4 is 10.0 Å². The lowest BCUT2D eigenvalue weighted by molar-refractivity contribution is -0.126. The number of amides is 1. The van der Waals surface area contributed by atoms with Gasteiger partial charge in [0.25, 0.3) is 0 Å². The Kier molecular flexibility index (Phi) is 7.49. The first-order chi connectivity index (χ1) is 13.0. The van der Waals surface area contributed by atoms with Gasteiger partial charge in [0.05, 0.1) is 0 Å². The Bertz CT molecular complexity index is 733. The molecule has 0 bridgehead atoms. The third-order valence-electron chi connectivity index (χ3n) is 5.67. The number of sulfonamides is 1. The first kappa shape index (κ1) is 20.6. The van der Waals surface area contributed by atoms with Crippen molar-refractivity contribution < 1.29 is 13.2 Å². The van der Waals surface area contributed by atoms with E-state index in [2.05, 4.69) is 16.1 Å². The summed E-state index contributed by atoms with van der Waals surface area (Å²) in [6.07, 6.45) is 11.7. The quantitative estimate of drug-likeness (QED) is 0.640. The second-order valence-electron chi connectivity index (χ2n) is 7.65. The van der Waals surface area contributed by atoms with Gasteiger partial charge in [-0.1, -0.05) is 17.7 Å². The third kappa shape index (κ3) is 6.16. The van der Waals surface area contributed by atoms with Crippen molar-refractivity contribution >= 4 is 27.3 Å². The van der Waals surface area contributed by atoms with Crippen molar-refractivity contribution in [1.29, 1.82) is 0 Å². The van der Waals surface area contributed by atoms with Gasteiger partial charge in [0.2, 0.25) is 15.9 Å². The molecule has 7 heteroatoms. The van der Waals surface area contributed by atoms with Crippen LogP contribution in [0.4, 0.5) is 0 Å². The van der Waals surface area contributed by atoms with Crippen LogP contribution in [0.3, 0.4) is 0 Å². The Labute approximate surface area is 166 Å². The molecule has 3 rings (SSSR count). The Morgan fingerprint density at radius 3 is 2.67 bits per heavy atom. The van der Waals surface area contributed by atoms with Crippen LogP contribution >= 0.6 is 11.3 Å². The Balaban J connectivity index is 1.34. The third-order valence-corrected chi connectivity index (χ3v) is 8.49. The van der Waals surface area contributed by atoms with Crippen molar-refractivity contribution in [3.05, 3.63) is 29.2 Å². The van der Waals surface area contributed by atoms with Gasteiger partial charge in [0.1, 0.15) is 4.21 Å². The molecule has 0 radical (unpaired) electrons. The van der Waals surface area contributed by atoms with E-state index in [0.717, 1.165) is 38.6 Å². The fourth-order valence-electron chi connectivity index (χ4n) is 3.97. The highest BCUT2D eigenvalue weighted by atomic mass is 32.2. The molecule has 1 heterocycles. The number of carbonyl (C=O) groups is 1. The molecule has 1 fully saturated rings. The van der Waals surface area contributed by atoms with Gasteiger partial charge in [0.15, 0.2) is 0 Å². The largest absolute Gasteiger partial charge is 0.356 e. The first-order valence-corrected chi connectivity index (χ1v) is 12.4. The maximum atomic E-state index is 12.4. The van der Waals surface area contributed by atoms with E-state index in [9.17, 15) is 13.2 Å². The highest BCUT2D eigenvalue weighted by molar-refractivity contribution is 7.91. The second-order valence-corrected chi connectivity index (χ2v) is 10.6. The van der Waals surface area contributed by atoms with Crippen molar-refractivity contribution in [2.24, 2.45) is 11.8 Å². The molecular formula is C20H30N2O3S2. The maximum absolute atomic E-state index is 12.4. The minimum Gasteiger partial charge on any atom is -0.356 e. The van der Waals surface area contributed by atoms with Gasteiger partial charge in [0, 0.05) is 19.0 Å². The van der Waals surface area contributed by atoms with Crippen LogP contribution in [0.5, 0.6) is 0 Å². The lowest BCUT2D eigenvalue weighted by atomic mass is 9.81. The van der Waals surface area contributed by atoms with Crippen LogP contribution in [0, 0.1) is 11.8 Å². The molecule has 0 aliphatic heterocycles. The van der Waals surface area contributed by atoms with Crippen molar-refractivity contribution in [1.82, 2.24) is 10.0 Å². The summed E-state index contributed by atoms with van der Waals surface area (Å²) in [6, 6.07) is 3.37. The van der Waals surface area contributed by atoms with Crippen LogP contribution in [-0.4, -0.2) is 27.4 Å². The molecule has 2 aliphatic rings. The van der Waals surface area contributed by atoms with Crippen LogP contribution in [0.25, 0.3) is 0 Å². The number of carbonyl (C=O) groups excluding carboxylic acids is 1. The molecule has 1 saturated carbocycles. The Morgan fingerprint density at radius 1 is 1.19 bits per heavy atom. The number of allylic oxidation sites excluding steroid dienone is 1. The van der Waals surface area contributed by atoms with E-state index in [4.69, 9.17) is 0 Å². The van der Waals surface area contributed by atoms with Crippen molar-refractivity contribution in [2.75, 3.05) is 13.1 Å². The zero-order valence-corrected chi connectivity index (χ0v) is 17.4. The zero-order chi connectivity index (χ0) is 19.1. The standard InChI is InChI=1S/C20H30N2O3S2/c23-20(21-13-12-16-5-2-1-3-6-16)18-10-8-17(9-11-18)15-22-27(24,25)19-7-4-14-26-19/h4-5,7,14,17-18,22H,1-3,6,8-13,15H2,(H,21,23). The normalized spacial score (nSPS) is 23.6. The summed E-state index contributed by atoms with van der Waals surface area (Å²) in [6.45, 7) is 1.20.